The number of hydrogen-bond donors (Lipinski definition) is 3. The highest BCUT2D eigenvalue weighted by Crippen LogP contribution is 2.30. The Balaban J connectivity index is 0.000000175. The number of nitrogens with zero attached hydrogens (tertiary/aromatic N) is 13. The summed E-state index contributed by atoms with van der Waals surface area (Å²) in [6, 6.07) is 16.5. The van der Waals surface area contributed by atoms with Crippen molar-refractivity contribution < 1.29 is 9.53 Å². The third-order valence-electron chi connectivity index (χ3n) is 12.3. The number of aromatic nitrogens is 12. The molecule has 1 amide bonds. The maximum absolute atomic E-state index is 12.4. The van der Waals surface area contributed by atoms with E-state index >= 15 is 0 Å². The van der Waals surface area contributed by atoms with E-state index in [0.717, 1.165) is 94.2 Å². The molecule has 10 rings (SSSR count). The smallest absolute Gasteiger partial charge is 0.410 e. The van der Waals surface area contributed by atoms with E-state index < -0.39 is 5.60 Å². The van der Waals surface area contributed by atoms with Crippen molar-refractivity contribution in [3.63, 3.8) is 0 Å². The Labute approximate surface area is 401 Å². The van der Waals surface area contributed by atoms with Gasteiger partial charge in [-0.2, -0.15) is 20.4 Å². The van der Waals surface area contributed by atoms with Crippen molar-refractivity contribution in [1.29, 1.82) is 0 Å². The van der Waals surface area contributed by atoms with Crippen molar-refractivity contribution in [2.45, 2.75) is 104 Å². The Bertz CT molecular complexity index is 3040. The van der Waals surface area contributed by atoms with Gasteiger partial charge in [0.15, 0.2) is 11.6 Å². The molecule has 2 aliphatic rings. The lowest BCUT2D eigenvalue weighted by atomic mass is 10.1. The van der Waals surface area contributed by atoms with Gasteiger partial charge in [-0.05, 0) is 131 Å². The van der Waals surface area contributed by atoms with Crippen molar-refractivity contribution in [3.8, 4) is 22.3 Å². The zero-order valence-electron chi connectivity index (χ0n) is 40.3. The fourth-order valence-corrected chi connectivity index (χ4v) is 8.33. The first-order valence-corrected chi connectivity index (χ1v) is 23.8. The number of hydrogen-bond acceptors (Lipinski definition) is 15. The van der Waals surface area contributed by atoms with Crippen LogP contribution >= 0.6 is 0 Å². The van der Waals surface area contributed by atoms with Gasteiger partial charge in [-0.3, -0.25) is 19.3 Å². The average Bonchev–Trinajstić information content (AvgIpc) is 4.06. The second-order valence-corrected chi connectivity index (χ2v) is 19.3. The van der Waals surface area contributed by atoms with Crippen LogP contribution in [0.5, 0.6) is 0 Å². The Kier molecular flexibility index (Phi) is 13.8. The molecule has 0 aromatic carbocycles. The molecule has 0 unspecified atom stereocenters. The highest BCUT2D eigenvalue weighted by Gasteiger charge is 2.28. The highest BCUT2D eigenvalue weighted by atomic mass is 16.6. The molecule has 0 atom stereocenters. The van der Waals surface area contributed by atoms with Crippen LogP contribution < -0.4 is 16.0 Å². The van der Waals surface area contributed by atoms with Crippen LogP contribution in [0.4, 0.5) is 28.1 Å². The van der Waals surface area contributed by atoms with Gasteiger partial charge >= 0.3 is 6.09 Å². The first kappa shape index (κ1) is 46.6. The Morgan fingerprint density at radius 3 is 1.55 bits per heavy atom. The third-order valence-corrected chi connectivity index (χ3v) is 12.3. The molecule has 2 fully saturated rings. The fraction of sp³-hybridized carbons (Fsp3) is 0.392. The Morgan fingerprint density at radius 1 is 0.609 bits per heavy atom. The second kappa shape index (κ2) is 20.4. The zero-order chi connectivity index (χ0) is 48.1. The molecule has 69 heavy (non-hydrogen) atoms. The first-order chi connectivity index (χ1) is 33.3. The van der Waals surface area contributed by atoms with Gasteiger partial charge < -0.3 is 25.6 Å². The van der Waals surface area contributed by atoms with E-state index in [9.17, 15) is 4.79 Å². The first-order valence-electron chi connectivity index (χ1n) is 23.8. The summed E-state index contributed by atoms with van der Waals surface area (Å²) in [5, 5.41) is 35.7. The number of rotatable bonds is 10. The van der Waals surface area contributed by atoms with Gasteiger partial charge in [0.05, 0.1) is 58.9 Å². The number of anilines is 4. The van der Waals surface area contributed by atoms with Crippen molar-refractivity contribution in [1.82, 2.24) is 70.1 Å². The Hall–Kier alpha value is -7.47. The van der Waals surface area contributed by atoms with Gasteiger partial charge in [0.2, 0.25) is 0 Å². The number of nitrogens with one attached hydrogen (secondary N) is 3. The number of carbonyl (C=O) groups excluding carboxylic acids is 1. The number of ether oxygens (including phenoxy) is 1. The van der Waals surface area contributed by atoms with E-state index in [0.29, 0.717) is 54.2 Å². The number of carbonyl (C=O) groups is 1. The van der Waals surface area contributed by atoms with Crippen LogP contribution in [-0.2, 0) is 4.74 Å². The molecular weight excluding hydrogens is 869 g/mol. The lowest BCUT2D eigenvalue weighted by molar-refractivity contribution is 0.0184. The van der Waals surface area contributed by atoms with Crippen LogP contribution in [0, 0.1) is 0 Å². The molecule has 356 valence electrons. The number of piperidine rings is 2. The molecule has 10 heterocycles. The van der Waals surface area contributed by atoms with Gasteiger partial charge in [-0.25, -0.2) is 14.8 Å². The van der Waals surface area contributed by atoms with Crippen LogP contribution in [0.2, 0.25) is 0 Å². The minimum Gasteiger partial charge on any atom is -0.444 e. The summed E-state index contributed by atoms with van der Waals surface area (Å²) in [7, 11) is 0. The molecular formula is C51H60N16O2. The second-order valence-electron chi connectivity index (χ2n) is 19.3. The monoisotopic (exact) mass is 929 g/mol. The van der Waals surface area contributed by atoms with Crippen LogP contribution in [0.1, 0.15) is 109 Å². The molecule has 0 aliphatic carbocycles. The molecule has 18 heteroatoms. The summed E-state index contributed by atoms with van der Waals surface area (Å²) >= 11 is 0. The maximum atomic E-state index is 12.4. The predicted octanol–water partition coefficient (Wildman–Crippen LogP) is 9.80. The molecule has 0 spiro atoms. The third kappa shape index (κ3) is 11.6. The quantitative estimate of drug-likeness (QED) is 0.117. The number of amides is 1. The fourth-order valence-electron chi connectivity index (χ4n) is 8.33. The minimum absolute atomic E-state index is 0.229. The van der Waals surface area contributed by atoms with Crippen molar-refractivity contribution in [2.75, 3.05) is 36.8 Å². The van der Waals surface area contributed by atoms with Crippen LogP contribution in [0.25, 0.3) is 44.3 Å². The van der Waals surface area contributed by atoms with Crippen LogP contribution in [-0.4, -0.2) is 103 Å². The van der Waals surface area contributed by atoms with Gasteiger partial charge in [0, 0.05) is 60.1 Å². The van der Waals surface area contributed by atoms with Gasteiger partial charge in [0.25, 0.3) is 0 Å². The van der Waals surface area contributed by atoms with Gasteiger partial charge in [0.1, 0.15) is 17.2 Å². The molecule has 0 bridgehead atoms. The number of likely N-dealkylation sites (tertiary alicyclic amines) is 1. The number of fused-ring (bicyclic) bond motifs is 2. The van der Waals surface area contributed by atoms with E-state index in [2.05, 4.69) is 101 Å². The van der Waals surface area contributed by atoms with Crippen LogP contribution in [0.3, 0.4) is 0 Å². The summed E-state index contributed by atoms with van der Waals surface area (Å²) in [5.74, 6) is 3.49. The average molecular weight is 929 g/mol. The van der Waals surface area contributed by atoms with Gasteiger partial charge in [-0.1, -0.05) is 27.7 Å². The van der Waals surface area contributed by atoms with E-state index in [1.165, 1.54) is 0 Å². The molecule has 8 aromatic heterocycles. The molecule has 0 saturated carbocycles. The standard InChI is InChI=1S/C28H34N8O2.C23H26N8/c1-18(2)19-13-26(34-30-15-19)33-25-7-6-23-24(32-25)12-20(14-29-23)21-16-31-36(17-21)22-8-10-35(11-9-22)27(37)38-28(3,4)5;1-15(2)16-10-23(30-26-12-16)29-22-4-3-20-21(28-22)9-17(11-25-20)18-13-27-31(14-18)19-5-7-24-8-6-19/h6-7,12-18,22H,8-11H2,1-5H3,(H,32,33,34);3-4,9-15,19,24H,5-8H2,1-2H3,(H,28,29,30). The highest BCUT2D eigenvalue weighted by molar-refractivity contribution is 5.83. The topological polar surface area (TPSA) is 204 Å². The number of pyridine rings is 4. The van der Waals surface area contributed by atoms with E-state index in [1.807, 2.05) is 98.9 Å². The molecule has 3 N–H and O–H groups in total. The molecule has 2 saturated heterocycles. The SMILES string of the molecule is CC(C)c1cnnc(Nc2ccc3ncc(-c4cnn(C5CCN(C(=O)OC(C)(C)C)CC5)c4)cc3n2)c1.CC(C)c1cnnc(Nc2ccc3ncc(-c4cnn(C5CCNCC5)c4)cc3n2)c1. The molecule has 18 nitrogen and oxygen atoms in total. The summed E-state index contributed by atoms with van der Waals surface area (Å²) in [6.07, 6.45) is 18.9. The van der Waals surface area contributed by atoms with E-state index in [1.54, 1.807) is 17.3 Å². The Morgan fingerprint density at radius 2 is 1.09 bits per heavy atom. The lowest BCUT2D eigenvalue weighted by Crippen LogP contribution is -2.42. The zero-order valence-corrected chi connectivity index (χ0v) is 40.3. The summed E-state index contributed by atoms with van der Waals surface area (Å²) < 4.78 is 9.60. The largest absolute Gasteiger partial charge is 0.444 e. The van der Waals surface area contributed by atoms with Crippen molar-refractivity contribution >= 4 is 51.4 Å². The molecule has 8 aromatic rings. The van der Waals surface area contributed by atoms with E-state index in [4.69, 9.17) is 14.7 Å². The van der Waals surface area contributed by atoms with Gasteiger partial charge in [-0.15, -0.1) is 10.2 Å². The summed E-state index contributed by atoms with van der Waals surface area (Å²) in [4.78, 5) is 32.9. The summed E-state index contributed by atoms with van der Waals surface area (Å²) in [6.45, 7) is 17.6. The lowest BCUT2D eigenvalue weighted by Gasteiger charge is -2.33. The van der Waals surface area contributed by atoms with Crippen LogP contribution in [0.15, 0.2) is 98.1 Å². The van der Waals surface area contributed by atoms with Crippen molar-refractivity contribution in [3.05, 3.63) is 109 Å². The maximum Gasteiger partial charge on any atom is 0.410 e. The molecule has 2 aliphatic heterocycles. The van der Waals surface area contributed by atoms with E-state index in [-0.39, 0.29) is 12.1 Å². The van der Waals surface area contributed by atoms with Crippen molar-refractivity contribution in [2.24, 2.45) is 0 Å². The normalized spacial score (nSPS) is 14.8. The summed E-state index contributed by atoms with van der Waals surface area (Å²) in [5.41, 5.74) is 9.01. The minimum atomic E-state index is -0.489. The molecule has 0 radical (unpaired) electrons. The predicted molar refractivity (Wildman–Crippen MR) is 268 cm³/mol.